The summed E-state index contributed by atoms with van der Waals surface area (Å²) in [5.74, 6) is -0.242. The summed E-state index contributed by atoms with van der Waals surface area (Å²) in [6, 6.07) is 64.9. The predicted octanol–water partition coefficient (Wildman–Crippen LogP) is 11.6. The van der Waals surface area contributed by atoms with Gasteiger partial charge in [0.05, 0.1) is 14.9 Å². The fraction of sp³-hybridized carbons (Fsp3) is 0.302. The van der Waals surface area contributed by atoms with Gasteiger partial charge >= 0.3 is 0 Å². The molecule has 4 nitrogen and oxygen atoms in total. The van der Waals surface area contributed by atoms with E-state index in [9.17, 15) is 4.79 Å². The summed E-state index contributed by atoms with van der Waals surface area (Å²) < 4.78 is -1.99. The molecule has 0 radical (unpaired) electrons. The quantitative estimate of drug-likeness (QED) is 0.0498. The van der Waals surface area contributed by atoms with Crippen molar-refractivity contribution in [2.24, 2.45) is 16.9 Å². The molecule has 0 unspecified atom stereocenters. The van der Waals surface area contributed by atoms with Gasteiger partial charge in [-0.25, -0.2) is 0 Å². The highest BCUT2D eigenvalue weighted by Gasteiger charge is 2.51. The third-order valence-corrected chi connectivity index (χ3v) is 14.7. The Balaban J connectivity index is 1.47. The second kappa shape index (κ2) is 19.6. The van der Waals surface area contributed by atoms with Crippen LogP contribution in [0.3, 0.4) is 0 Å². The Labute approximate surface area is 362 Å². The van der Waals surface area contributed by atoms with Gasteiger partial charge in [-0.2, -0.15) is 0 Å². The number of amides is 1. The molecular formula is C53H61N3OS2. The number of thioether (sulfide) groups is 2. The standard InChI is InChI=1S/C53H61N3OS2/c1-49(2,58-52(42-24-11-5-12-25-42,43-26-13-6-14-27-43)44-28-15-7-16-29-44)40-51(48(55)57,36-23-38-56-39-37-54)41-50(3,4)59-53(45-30-17-8-18-31-45,46-32-19-9-20-33-46)47-34-21-10-22-35-47/h5-22,24-35,56H,23,36-41,54H2,1-4H3,(H2,55,57). The molecule has 0 aliphatic heterocycles. The molecule has 0 fully saturated rings. The Kier molecular flexibility index (Phi) is 14.6. The molecule has 0 spiro atoms. The van der Waals surface area contributed by atoms with Gasteiger partial charge in [-0.1, -0.05) is 210 Å². The minimum absolute atomic E-state index is 0.242. The highest BCUT2D eigenvalue weighted by Crippen LogP contribution is 2.60. The molecule has 0 bridgehead atoms. The fourth-order valence-electron chi connectivity index (χ4n) is 9.24. The molecule has 0 saturated carbocycles. The molecule has 0 aliphatic rings. The number of nitrogens with two attached hydrogens (primary N) is 2. The molecule has 0 heterocycles. The SMILES string of the molecule is CC(C)(CC(CCCNCCN)(CC(C)(C)SC(c1ccccc1)(c1ccccc1)c1ccccc1)C(N)=O)SC(c1ccccc1)(c1ccccc1)c1ccccc1. The monoisotopic (exact) mass is 819 g/mol. The first kappa shape index (κ1) is 44.0. The van der Waals surface area contributed by atoms with Crippen molar-refractivity contribution in [1.29, 1.82) is 0 Å². The van der Waals surface area contributed by atoms with Crippen molar-refractivity contribution in [2.45, 2.75) is 72.4 Å². The summed E-state index contributed by atoms with van der Waals surface area (Å²) in [6.07, 6.45) is 2.62. The number of hydrogen-bond acceptors (Lipinski definition) is 5. The van der Waals surface area contributed by atoms with Crippen molar-refractivity contribution in [3.05, 3.63) is 215 Å². The van der Waals surface area contributed by atoms with Gasteiger partial charge in [-0.3, -0.25) is 4.79 Å². The van der Waals surface area contributed by atoms with Crippen LogP contribution >= 0.6 is 23.5 Å². The molecule has 5 N–H and O–H groups in total. The van der Waals surface area contributed by atoms with E-state index in [4.69, 9.17) is 11.5 Å². The van der Waals surface area contributed by atoms with Crippen LogP contribution in [-0.2, 0) is 14.3 Å². The lowest BCUT2D eigenvalue weighted by atomic mass is 9.70. The fourth-order valence-corrected chi connectivity index (χ4v) is 13.1. The summed E-state index contributed by atoms with van der Waals surface area (Å²) in [6.45, 7) is 11.3. The number of rotatable bonds is 21. The van der Waals surface area contributed by atoms with E-state index in [0.29, 0.717) is 25.8 Å². The maximum absolute atomic E-state index is 14.6. The normalized spacial score (nSPS) is 12.6. The molecule has 6 heteroatoms. The Morgan fingerprint density at radius 3 is 0.983 bits per heavy atom. The van der Waals surface area contributed by atoms with Crippen LogP contribution in [-0.4, -0.2) is 35.0 Å². The first-order chi connectivity index (χ1) is 28.5. The highest BCUT2D eigenvalue weighted by atomic mass is 32.2. The smallest absolute Gasteiger partial charge is 0.223 e. The molecule has 59 heavy (non-hydrogen) atoms. The number of nitrogens with one attached hydrogen (secondary N) is 1. The van der Waals surface area contributed by atoms with Crippen molar-refractivity contribution < 1.29 is 4.79 Å². The van der Waals surface area contributed by atoms with E-state index >= 15 is 0 Å². The summed E-state index contributed by atoms with van der Waals surface area (Å²) in [7, 11) is 0. The zero-order valence-corrected chi connectivity index (χ0v) is 36.8. The van der Waals surface area contributed by atoms with E-state index in [1.54, 1.807) is 0 Å². The lowest BCUT2D eigenvalue weighted by Gasteiger charge is -2.48. The second-order valence-electron chi connectivity index (χ2n) is 16.9. The zero-order valence-electron chi connectivity index (χ0n) is 35.1. The second-order valence-corrected chi connectivity index (χ2v) is 20.8. The average Bonchev–Trinajstić information content (AvgIpc) is 3.26. The zero-order chi connectivity index (χ0) is 41.8. The van der Waals surface area contributed by atoms with Crippen LogP contribution in [0, 0.1) is 5.41 Å². The van der Waals surface area contributed by atoms with Gasteiger partial charge in [0.1, 0.15) is 0 Å². The van der Waals surface area contributed by atoms with Crippen molar-refractivity contribution in [3.8, 4) is 0 Å². The van der Waals surface area contributed by atoms with Gasteiger partial charge in [0.15, 0.2) is 0 Å². The number of carbonyl (C=O) groups is 1. The number of carbonyl (C=O) groups excluding carboxylic acids is 1. The van der Waals surface area contributed by atoms with E-state index < -0.39 is 24.4 Å². The minimum atomic E-state index is -0.844. The Morgan fingerprint density at radius 1 is 0.475 bits per heavy atom. The van der Waals surface area contributed by atoms with Crippen LogP contribution in [0.4, 0.5) is 0 Å². The molecule has 6 aromatic carbocycles. The molecule has 6 aromatic rings. The van der Waals surface area contributed by atoms with Crippen molar-refractivity contribution in [3.63, 3.8) is 0 Å². The van der Waals surface area contributed by atoms with E-state index in [1.165, 1.54) is 33.4 Å². The topological polar surface area (TPSA) is 81.1 Å². The number of primary amides is 1. The van der Waals surface area contributed by atoms with Gasteiger partial charge in [0, 0.05) is 22.6 Å². The van der Waals surface area contributed by atoms with Gasteiger partial charge in [0.25, 0.3) is 0 Å². The van der Waals surface area contributed by atoms with Crippen LogP contribution in [0.5, 0.6) is 0 Å². The highest BCUT2D eigenvalue weighted by molar-refractivity contribution is 8.02. The average molecular weight is 820 g/mol. The van der Waals surface area contributed by atoms with E-state index in [1.807, 2.05) is 23.5 Å². The molecule has 0 aliphatic carbocycles. The van der Waals surface area contributed by atoms with Gasteiger partial charge < -0.3 is 16.8 Å². The third kappa shape index (κ3) is 10.2. The molecular weight excluding hydrogens is 759 g/mol. The van der Waals surface area contributed by atoms with E-state index in [2.05, 4.69) is 215 Å². The first-order valence-electron chi connectivity index (χ1n) is 20.9. The number of hydrogen-bond donors (Lipinski definition) is 3. The van der Waals surface area contributed by atoms with E-state index in [-0.39, 0.29) is 5.91 Å². The van der Waals surface area contributed by atoms with Gasteiger partial charge in [-0.05, 0) is 65.6 Å². The summed E-state index contributed by atoms with van der Waals surface area (Å²) >= 11 is 3.86. The maximum Gasteiger partial charge on any atom is 0.223 e. The van der Waals surface area contributed by atoms with Crippen molar-refractivity contribution in [2.75, 3.05) is 19.6 Å². The van der Waals surface area contributed by atoms with Gasteiger partial charge in [-0.15, -0.1) is 23.5 Å². The largest absolute Gasteiger partial charge is 0.369 e. The summed E-state index contributed by atoms with van der Waals surface area (Å²) in [5, 5.41) is 3.49. The molecule has 6 rings (SSSR count). The Morgan fingerprint density at radius 2 is 0.746 bits per heavy atom. The van der Waals surface area contributed by atoms with Crippen molar-refractivity contribution in [1.82, 2.24) is 5.32 Å². The van der Waals surface area contributed by atoms with Crippen molar-refractivity contribution >= 4 is 29.4 Å². The van der Waals surface area contributed by atoms with E-state index in [0.717, 1.165) is 19.5 Å². The minimum Gasteiger partial charge on any atom is -0.369 e. The van der Waals surface area contributed by atoms with Crippen LogP contribution in [0.2, 0.25) is 0 Å². The Hall–Kier alpha value is -4.59. The molecule has 306 valence electrons. The van der Waals surface area contributed by atoms with Crippen LogP contribution < -0.4 is 16.8 Å². The lowest BCUT2D eigenvalue weighted by molar-refractivity contribution is -0.129. The molecule has 1 amide bonds. The third-order valence-electron chi connectivity index (χ3n) is 11.3. The maximum atomic E-state index is 14.6. The van der Waals surface area contributed by atoms with Crippen LogP contribution in [0.25, 0.3) is 0 Å². The Bertz CT molecular complexity index is 1830. The molecule has 0 atom stereocenters. The lowest BCUT2D eigenvalue weighted by Crippen LogP contribution is -2.47. The van der Waals surface area contributed by atoms with Crippen LogP contribution in [0.1, 0.15) is 86.8 Å². The summed E-state index contributed by atoms with van der Waals surface area (Å²) in [4.78, 5) is 14.6. The first-order valence-corrected chi connectivity index (χ1v) is 22.5. The number of benzene rings is 6. The van der Waals surface area contributed by atoms with Crippen LogP contribution in [0.15, 0.2) is 182 Å². The summed E-state index contributed by atoms with van der Waals surface area (Å²) in [5.41, 5.74) is 19.0. The molecule has 0 saturated heterocycles. The van der Waals surface area contributed by atoms with Gasteiger partial charge in [0.2, 0.25) is 5.91 Å². The predicted molar refractivity (Wildman–Crippen MR) is 254 cm³/mol. The molecule has 0 aromatic heterocycles.